The van der Waals surface area contributed by atoms with Crippen molar-refractivity contribution in [1.82, 2.24) is 9.55 Å². The molecule has 2 heterocycles. The van der Waals surface area contributed by atoms with E-state index in [0.717, 1.165) is 24.8 Å². The first-order chi connectivity index (χ1) is 13.0. The zero-order chi connectivity index (χ0) is 19.3. The smallest absolute Gasteiger partial charge is 0.294 e. The second-order valence-corrected chi connectivity index (χ2v) is 7.79. The lowest BCUT2D eigenvalue weighted by molar-refractivity contribution is 0.386. The predicted octanol–water partition coefficient (Wildman–Crippen LogP) is 4.75. The van der Waals surface area contributed by atoms with E-state index in [9.17, 15) is 9.18 Å². The van der Waals surface area contributed by atoms with Crippen LogP contribution in [0, 0.1) is 11.7 Å². The minimum absolute atomic E-state index is 0.0659. The monoisotopic (exact) mass is 411 g/mol. The molecule has 2 aromatic rings. The molecule has 1 aromatic carbocycles. The van der Waals surface area contributed by atoms with Crippen molar-refractivity contribution in [2.24, 2.45) is 5.92 Å². The van der Waals surface area contributed by atoms with E-state index in [2.05, 4.69) is 11.9 Å². The average Bonchev–Trinajstić information content (AvgIpc) is 3.40. The Hall–Kier alpha value is -1.79. The summed E-state index contributed by atoms with van der Waals surface area (Å²) in [6.45, 7) is 2.54. The lowest BCUT2D eigenvalue weighted by atomic mass is 10.1. The topological polar surface area (TPSA) is 47.4 Å². The molecule has 0 spiro atoms. The molecular weight excluding hydrogens is 392 g/mol. The Morgan fingerprint density at radius 2 is 2.15 bits per heavy atom. The number of nitrogens with zero attached hydrogens (tertiary/aromatic N) is 3. The molecule has 5 nitrogen and oxygen atoms in total. The number of fused-ring (bicyclic) bond motifs is 1. The normalized spacial score (nSPS) is 17.1. The molecule has 0 radical (unpaired) electrons. The van der Waals surface area contributed by atoms with Crippen LogP contribution in [0.25, 0.3) is 0 Å². The molecule has 27 heavy (non-hydrogen) atoms. The maximum absolute atomic E-state index is 14.5. The van der Waals surface area contributed by atoms with Crippen LogP contribution in [-0.2, 0) is 6.42 Å². The number of rotatable bonds is 5. The summed E-state index contributed by atoms with van der Waals surface area (Å²) < 4.78 is 21.2. The minimum Gasteiger partial charge on any atom is -0.494 e. The van der Waals surface area contributed by atoms with E-state index in [1.165, 1.54) is 7.11 Å². The number of anilines is 2. The second kappa shape index (κ2) is 6.99. The van der Waals surface area contributed by atoms with Crippen molar-refractivity contribution in [3.8, 4) is 5.75 Å². The highest BCUT2D eigenvalue weighted by Gasteiger charge is 2.35. The van der Waals surface area contributed by atoms with Gasteiger partial charge in [-0.1, -0.05) is 30.1 Å². The van der Waals surface area contributed by atoms with Crippen molar-refractivity contribution >= 4 is 34.7 Å². The van der Waals surface area contributed by atoms with Gasteiger partial charge < -0.3 is 14.2 Å². The standard InChI is InChI=1S/C19H20Cl2FN3O2/c1-3-12(10-4-5-10)25-9-14(20)23-18(19(25)26)24-7-6-11-8-13(27-2)16(22)15(21)17(11)24/h8-10,12H,3-7H2,1-2H3. The molecule has 1 aromatic heterocycles. The fourth-order valence-electron chi connectivity index (χ4n) is 3.96. The first kappa shape index (κ1) is 18.6. The van der Waals surface area contributed by atoms with Crippen LogP contribution in [0.4, 0.5) is 15.9 Å². The molecule has 1 saturated carbocycles. The lowest BCUT2D eigenvalue weighted by Crippen LogP contribution is -2.32. The molecule has 1 aliphatic heterocycles. The van der Waals surface area contributed by atoms with Crippen LogP contribution >= 0.6 is 23.2 Å². The lowest BCUT2D eigenvalue weighted by Gasteiger charge is -2.23. The summed E-state index contributed by atoms with van der Waals surface area (Å²) in [5.74, 6) is 0.135. The van der Waals surface area contributed by atoms with Gasteiger partial charge in [0.25, 0.3) is 5.56 Å². The third-order valence-electron chi connectivity index (χ3n) is 5.40. The summed E-state index contributed by atoms with van der Waals surface area (Å²) in [4.78, 5) is 19.1. The number of ether oxygens (including phenoxy) is 1. The van der Waals surface area contributed by atoms with E-state index in [0.29, 0.717) is 24.6 Å². The van der Waals surface area contributed by atoms with Crippen molar-refractivity contribution in [2.75, 3.05) is 18.6 Å². The van der Waals surface area contributed by atoms with Gasteiger partial charge in [0.2, 0.25) is 5.82 Å². The van der Waals surface area contributed by atoms with Crippen molar-refractivity contribution in [3.05, 3.63) is 44.2 Å². The molecule has 0 saturated heterocycles. The van der Waals surface area contributed by atoms with Crippen LogP contribution < -0.4 is 15.2 Å². The Morgan fingerprint density at radius 3 is 2.78 bits per heavy atom. The van der Waals surface area contributed by atoms with Crippen LogP contribution in [0.5, 0.6) is 5.75 Å². The second-order valence-electron chi connectivity index (χ2n) is 7.03. The van der Waals surface area contributed by atoms with E-state index in [1.807, 2.05) is 0 Å². The quantitative estimate of drug-likeness (QED) is 0.711. The van der Waals surface area contributed by atoms with Gasteiger partial charge in [-0.05, 0) is 43.2 Å². The average molecular weight is 412 g/mol. The number of halogens is 3. The van der Waals surface area contributed by atoms with Gasteiger partial charge in [-0.3, -0.25) is 4.79 Å². The highest BCUT2D eigenvalue weighted by molar-refractivity contribution is 6.34. The molecular formula is C19H20Cl2FN3O2. The SMILES string of the molecule is CCC(C1CC1)n1cc(Cl)nc(N2CCc3cc(OC)c(F)c(Cl)c32)c1=O. The molecule has 1 fully saturated rings. The minimum atomic E-state index is -0.642. The maximum atomic E-state index is 14.5. The summed E-state index contributed by atoms with van der Waals surface area (Å²) in [5.41, 5.74) is 1.06. The summed E-state index contributed by atoms with van der Waals surface area (Å²) in [6.07, 6.45) is 5.28. The van der Waals surface area contributed by atoms with Gasteiger partial charge in [-0.2, -0.15) is 0 Å². The van der Waals surface area contributed by atoms with Gasteiger partial charge in [-0.15, -0.1) is 0 Å². The van der Waals surface area contributed by atoms with Crippen LogP contribution in [0.15, 0.2) is 17.1 Å². The Morgan fingerprint density at radius 1 is 1.41 bits per heavy atom. The molecule has 1 aliphatic carbocycles. The van der Waals surface area contributed by atoms with Crippen LogP contribution in [0.3, 0.4) is 0 Å². The molecule has 144 valence electrons. The Balaban J connectivity index is 1.84. The Labute approximate surface area is 166 Å². The summed E-state index contributed by atoms with van der Waals surface area (Å²) >= 11 is 12.5. The molecule has 0 amide bonds. The largest absolute Gasteiger partial charge is 0.494 e. The molecule has 1 atom stereocenters. The van der Waals surface area contributed by atoms with E-state index in [4.69, 9.17) is 27.9 Å². The van der Waals surface area contributed by atoms with Gasteiger partial charge in [0.05, 0.1) is 12.8 Å². The number of hydrogen-bond acceptors (Lipinski definition) is 4. The van der Waals surface area contributed by atoms with Crippen LogP contribution in [-0.4, -0.2) is 23.2 Å². The third-order valence-corrected chi connectivity index (χ3v) is 5.93. The first-order valence-corrected chi connectivity index (χ1v) is 9.82. The zero-order valence-corrected chi connectivity index (χ0v) is 16.6. The predicted molar refractivity (Wildman–Crippen MR) is 104 cm³/mol. The number of aromatic nitrogens is 2. The number of methoxy groups -OCH3 is 1. The molecule has 0 N–H and O–H groups in total. The van der Waals surface area contributed by atoms with Gasteiger partial charge in [0.1, 0.15) is 10.2 Å². The summed E-state index contributed by atoms with van der Waals surface area (Å²) in [5, 5.41) is 0.172. The van der Waals surface area contributed by atoms with Gasteiger partial charge >= 0.3 is 0 Å². The van der Waals surface area contributed by atoms with Crippen molar-refractivity contribution < 1.29 is 9.13 Å². The number of hydrogen-bond donors (Lipinski definition) is 0. The first-order valence-electron chi connectivity index (χ1n) is 9.07. The molecule has 1 unspecified atom stereocenters. The van der Waals surface area contributed by atoms with E-state index in [-0.39, 0.29) is 33.3 Å². The molecule has 8 heteroatoms. The third kappa shape index (κ3) is 3.09. The van der Waals surface area contributed by atoms with E-state index < -0.39 is 5.82 Å². The van der Waals surface area contributed by atoms with E-state index >= 15 is 0 Å². The fourth-order valence-corrected chi connectivity index (χ4v) is 4.46. The molecule has 4 rings (SSSR count). The fraction of sp³-hybridized carbons (Fsp3) is 0.474. The molecule has 0 bridgehead atoms. The van der Waals surface area contributed by atoms with Gasteiger partial charge in [0.15, 0.2) is 11.6 Å². The maximum Gasteiger partial charge on any atom is 0.294 e. The highest BCUT2D eigenvalue weighted by Crippen LogP contribution is 2.44. The summed E-state index contributed by atoms with van der Waals surface area (Å²) in [7, 11) is 1.40. The van der Waals surface area contributed by atoms with Gasteiger partial charge in [-0.25, -0.2) is 9.37 Å². The molecule has 2 aliphatic rings. The van der Waals surface area contributed by atoms with Gasteiger partial charge in [0, 0.05) is 18.8 Å². The van der Waals surface area contributed by atoms with Crippen molar-refractivity contribution in [2.45, 2.75) is 38.6 Å². The van der Waals surface area contributed by atoms with Crippen molar-refractivity contribution in [3.63, 3.8) is 0 Å². The van der Waals surface area contributed by atoms with Crippen LogP contribution in [0.2, 0.25) is 10.2 Å². The summed E-state index contributed by atoms with van der Waals surface area (Å²) in [6, 6.07) is 1.72. The number of benzene rings is 1. The highest BCUT2D eigenvalue weighted by atomic mass is 35.5. The van der Waals surface area contributed by atoms with E-state index in [1.54, 1.807) is 21.7 Å². The van der Waals surface area contributed by atoms with Crippen LogP contribution in [0.1, 0.15) is 37.8 Å². The van der Waals surface area contributed by atoms with Crippen molar-refractivity contribution in [1.29, 1.82) is 0 Å². The zero-order valence-electron chi connectivity index (χ0n) is 15.1. The Bertz CT molecular complexity index is 959. The Kier molecular flexibility index (Phi) is 4.80.